The number of thiocarbonyl (C=S) groups is 1. The van der Waals surface area contributed by atoms with Gasteiger partial charge in [0.1, 0.15) is 0 Å². The predicted molar refractivity (Wildman–Crippen MR) is 75.2 cm³/mol. The lowest BCUT2D eigenvalue weighted by Gasteiger charge is -2.40. The zero-order valence-corrected chi connectivity index (χ0v) is 11.8. The zero-order valence-electron chi connectivity index (χ0n) is 10.2. The van der Waals surface area contributed by atoms with Gasteiger partial charge in [-0.1, -0.05) is 6.42 Å². The Balaban J connectivity index is 2.05. The molecule has 0 spiro atoms. The first-order chi connectivity index (χ1) is 7.72. The third-order valence-corrected chi connectivity index (χ3v) is 4.79. The second kappa shape index (κ2) is 7.35. The molecule has 1 saturated carbocycles. The van der Waals surface area contributed by atoms with E-state index in [9.17, 15) is 0 Å². The summed E-state index contributed by atoms with van der Waals surface area (Å²) in [5.74, 6) is 0. The summed E-state index contributed by atoms with van der Waals surface area (Å²) < 4.78 is 5.42. The fourth-order valence-electron chi connectivity index (χ4n) is 1.75. The summed E-state index contributed by atoms with van der Waals surface area (Å²) in [5, 5.41) is 7.28. The van der Waals surface area contributed by atoms with E-state index in [2.05, 4.69) is 16.9 Å². The van der Waals surface area contributed by atoms with Gasteiger partial charge in [-0.3, -0.25) is 0 Å². The maximum absolute atomic E-state index is 5.22. The van der Waals surface area contributed by atoms with Crippen molar-refractivity contribution >= 4 is 29.1 Å². The molecule has 0 atom stereocenters. The number of nitrogens with one attached hydrogen (secondary N) is 2. The molecule has 0 unspecified atom stereocenters. The molecular formula is C11H22N2OS2. The van der Waals surface area contributed by atoms with E-state index in [0.717, 1.165) is 31.2 Å². The molecule has 0 bridgehead atoms. The molecule has 16 heavy (non-hydrogen) atoms. The summed E-state index contributed by atoms with van der Waals surface area (Å²) in [6, 6.07) is 0. The number of hydrogen-bond donors (Lipinski definition) is 2. The van der Waals surface area contributed by atoms with Crippen LogP contribution in [0.4, 0.5) is 0 Å². The molecule has 0 aromatic carbocycles. The minimum absolute atomic E-state index is 0.443. The molecule has 0 heterocycles. The third kappa shape index (κ3) is 4.47. The Kier molecular flexibility index (Phi) is 6.46. The monoisotopic (exact) mass is 262 g/mol. The van der Waals surface area contributed by atoms with Crippen molar-refractivity contribution in [3.8, 4) is 0 Å². The van der Waals surface area contributed by atoms with Gasteiger partial charge >= 0.3 is 0 Å². The molecule has 0 aliphatic heterocycles. The molecule has 2 N–H and O–H groups in total. The Labute approximate surface area is 108 Å². The van der Waals surface area contributed by atoms with Crippen molar-refractivity contribution < 1.29 is 4.74 Å². The Bertz CT molecular complexity index is 215. The average Bonchev–Trinajstić information content (AvgIpc) is 2.24. The lowest BCUT2D eigenvalue weighted by atomic mass is 9.84. The predicted octanol–water partition coefficient (Wildman–Crippen LogP) is 1.77. The minimum atomic E-state index is 0.443. The van der Waals surface area contributed by atoms with Gasteiger partial charge in [-0.05, 0) is 37.7 Å². The Hall–Kier alpha value is 0. The van der Waals surface area contributed by atoms with Gasteiger partial charge in [0.2, 0.25) is 0 Å². The maximum atomic E-state index is 5.22. The summed E-state index contributed by atoms with van der Waals surface area (Å²) in [6.07, 6.45) is 7.17. The zero-order chi connectivity index (χ0) is 11.9. The molecule has 1 aliphatic carbocycles. The van der Waals surface area contributed by atoms with E-state index in [4.69, 9.17) is 17.0 Å². The van der Waals surface area contributed by atoms with Gasteiger partial charge < -0.3 is 15.4 Å². The molecular weight excluding hydrogens is 240 g/mol. The van der Waals surface area contributed by atoms with Gasteiger partial charge in [0, 0.05) is 31.6 Å². The van der Waals surface area contributed by atoms with Crippen LogP contribution in [0.15, 0.2) is 0 Å². The van der Waals surface area contributed by atoms with Crippen LogP contribution in [0.5, 0.6) is 0 Å². The van der Waals surface area contributed by atoms with E-state index < -0.39 is 0 Å². The molecule has 1 aliphatic rings. The number of hydrogen-bond acceptors (Lipinski definition) is 3. The standard InChI is InChI=1S/C11H22N2OS2/c1-14-8-4-7-12-10(15)13-9-11(16-2)5-3-6-11/h3-9H2,1-2H3,(H2,12,13,15). The number of rotatable bonds is 7. The Morgan fingerprint density at radius 2 is 2.19 bits per heavy atom. The summed E-state index contributed by atoms with van der Waals surface area (Å²) in [7, 11) is 1.72. The highest BCUT2D eigenvalue weighted by Crippen LogP contribution is 2.42. The molecule has 1 rings (SSSR count). The van der Waals surface area contributed by atoms with Gasteiger partial charge in [-0.25, -0.2) is 0 Å². The van der Waals surface area contributed by atoms with Crippen molar-refractivity contribution in [2.75, 3.05) is 33.1 Å². The molecule has 0 aromatic heterocycles. The number of ether oxygens (including phenoxy) is 1. The van der Waals surface area contributed by atoms with Crippen LogP contribution in [0, 0.1) is 0 Å². The van der Waals surface area contributed by atoms with Crippen molar-refractivity contribution in [2.24, 2.45) is 0 Å². The molecule has 5 heteroatoms. The first kappa shape index (κ1) is 14.1. The third-order valence-electron chi connectivity index (χ3n) is 3.08. The molecule has 94 valence electrons. The SMILES string of the molecule is COCCCNC(=S)NCC1(SC)CCC1. The van der Waals surface area contributed by atoms with Gasteiger partial charge in [0.25, 0.3) is 0 Å². The summed E-state index contributed by atoms with van der Waals surface area (Å²) in [4.78, 5) is 0. The van der Waals surface area contributed by atoms with Crippen LogP contribution in [-0.2, 0) is 4.74 Å². The highest BCUT2D eigenvalue weighted by Gasteiger charge is 2.35. The summed E-state index contributed by atoms with van der Waals surface area (Å²) in [5.41, 5.74) is 0. The highest BCUT2D eigenvalue weighted by atomic mass is 32.2. The van der Waals surface area contributed by atoms with Crippen LogP contribution < -0.4 is 10.6 Å². The van der Waals surface area contributed by atoms with Crippen LogP contribution in [0.1, 0.15) is 25.7 Å². The molecule has 0 saturated heterocycles. The molecule has 1 fully saturated rings. The second-order valence-electron chi connectivity index (χ2n) is 4.20. The largest absolute Gasteiger partial charge is 0.385 e. The molecule has 3 nitrogen and oxygen atoms in total. The van der Waals surface area contributed by atoms with Gasteiger partial charge in [0.15, 0.2) is 5.11 Å². The first-order valence-corrected chi connectivity index (χ1v) is 7.41. The van der Waals surface area contributed by atoms with Crippen LogP contribution in [0.2, 0.25) is 0 Å². The minimum Gasteiger partial charge on any atom is -0.385 e. The van der Waals surface area contributed by atoms with Gasteiger partial charge in [-0.15, -0.1) is 0 Å². The topological polar surface area (TPSA) is 33.3 Å². The van der Waals surface area contributed by atoms with E-state index >= 15 is 0 Å². The Morgan fingerprint density at radius 3 is 2.69 bits per heavy atom. The molecule has 0 radical (unpaired) electrons. The summed E-state index contributed by atoms with van der Waals surface area (Å²) >= 11 is 7.18. The number of methoxy groups -OCH3 is 1. The lowest BCUT2D eigenvalue weighted by Crippen LogP contribution is -2.48. The van der Waals surface area contributed by atoms with E-state index in [0.29, 0.717) is 4.75 Å². The van der Waals surface area contributed by atoms with Gasteiger partial charge in [0.05, 0.1) is 0 Å². The van der Waals surface area contributed by atoms with Crippen LogP contribution in [0.25, 0.3) is 0 Å². The van der Waals surface area contributed by atoms with Crippen molar-refractivity contribution in [2.45, 2.75) is 30.4 Å². The van der Waals surface area contributed by atoms with E-state index in [1.807, 2.05) is 11.8 Å². The average molecular weight is 262 g/mol. The maximum Gasteiger partial charge on any atom is 0.166 e. The molecule has 0 amide bonds. The van der Waals surface area contributed by atoms with Crippen LogP contribution in [0.3, 0.4) is 0 Å². The molecule has 0 aromatic rings. The quantitative estimate of drug-likeness (QED) is 0.540. The Morgan fingerprint density at radius 1 is 1.44 bits per heavy atom. The second-order valence-corrected chi connectivity index (χ2v) is 5.88. The normalized spacial score (nSPS) is 17.6. The first-order valence-electron chi connectivity index (χ1n) is 5.78. The lowest BCUT2D eigenvalue weighted by molar-refractivity contribution is 0.195. The van der Waals surface area contributed by atoms with E-state index in [1.165, 1.54) is 19.3 Å². The smallest absolute Gasteiger partial charge is 0.166 e. The van der Waals surface area contributed by atoms with E-state index in [-0.39, 0.29) is 0 Å². The van der Waals surface area contributed by atoms with E-state index in [1.54, 1.807) is 7.11 Å². The highest BCUT2D eigenvalue weighted by molar-refractivity contribution is 8.00. The van der Waals surface area contributed by atoms with Crippen LogP contribution >= 0.6 is 24.0 Å². The van der Waals surface area contributed by atoms with Crippen molar-refractivity contribution in [3.63, 3.8) is 0 Å². The summed E-state index contributed by atoms with van der Waals surface area (Å²) in [6.45, 7) is 2.65. The van der Waals surface area contributed by atoms with Crippen molar-refractivity contribution in [1.29, 1.82) is 0 Å². The fourth-order valence-corrected chi connectivity index (χ4v) is 2.83. The number of thioether (sulfide) groups is 1. The van der Waals surface area contributed by atoms with Gasteiger partial charge in [-0.2, -0.15) is 11.8 Å². The van der Waals surface area contributed by atoms with Crippen molar-refractivity contribution in [1.82, 2.24) is 10.6 Å². The van der Waals surface area contributed by atoms with Crippen molar-refractivity contribution in [3.05, 3.63) is 0 Å². The van der Waals surface area contributed by atoms with Crippen LogP contribution in [-0.4, -0.2) is 42.9 Å². The fraction of sp³-hybridized carbons (Fsp3) is 0.909.